The van der Waals surface area contributed by atoms with Crippen molar-refractivity contribution in [3.05, 3.63) is 34.0 Å². The molecule has 0 atom stereocenters. The van der Waals surface area contributed by atoms with Crippen LogP contribution in [0.1, 0.15) is 27.6 Å². The summed E-state index contributed by atoms with van der Waals surface area (Å²) in [6.45, 7) is 1.91. The average molecular weight is 282 g/mol. The van der Waals surface area contributed by atoms with E-state index in [1.165, 1.54) is 28.1 Å². The molecule has 0 radical (unpaired) electrons. The first kappa shape index (κ1) is 12.8. The Morgan fingerprint density at radius 3 is 2.72 bits per heavy atom. The lowest BCUT2D eigenvalue weighted by atomic mass is 10.1. The minimum atomic E-state index is -1.11. The van der Waals surface area contributed by atoms with Crippen LogP contribution in [0.3, 0.4) is 0 Å². The number of thiophene rings is 2. The summed E-state index contributed by atoms with van der Waals surface area (Å²) in [6, 6.07) is 3.71. The molecule has 4 nitrogen and oxygen atoms in total. The number of hydrogen-bond donors (Lipinski definition) is 1. The van der Waals surface area contributed by atoms with Crippen LogP contribution in [0.4, 0.5) is 0 Å². The first-order valence-corrected chi connectivity index (χ1v) is 6.96. The number of hydrogen-bond acceptors (Lipinski definition) is 5. The molecule has 0 spiro atoms. The van der Waals surface area contributed by atoms with Crippen molar-refractivity contribution in [3.8, 4) is 9.75 Å². The fourth-order valence-electron chi connectivity index (χ4n) is 1.51. The Labute approximate surface area is 111 Å². The summed E-state index contributed by atoms with van der Waals surface area (Å²) in [4.78, 5) is 24.5. The van der Waals surface area contributed by atoms with Gasteiger partial charge in [0.2, 0.25) is 0 Å². The summed E-state index contributed by atoms with van der Waals surface area (Å²) >= 11 is 2.71. The molecule has 18 heavy (non-hydrogen) atoms. The van der Waals surface area contributed by atoms with Gasteiger partial charge in [0, 0.05) is 10.3 Å². The molecular formula is C12H10O4S2. The van der Waals surface area contributed by atoms with Gasteiger partial charge in [-0.1, -0.05) is 6.07 Å². The molecule has 0 amide bonds. The Morgan fingerprint density at radius 1 is 1.39 bits per heavy atom. The minimum absolute atomic E-state index is 0.00171. The van der Waals surface area contributed by atoms with Crippen molar-refractivity contribution in [2.24, 2.45) is 0 Å². The van der Waals surface area contributed by atoms with Crippen molar-refractivity contribution >= 4 is 34.6 Å². The number of carboxylic acids is 1. The maximum absolute atomic E-state index is 11.9. The van der Waals surface area contributed by atoms with Crippen molar-refractivity contribution in [1.29, 1.82) is 0 Å². The molecule has 94 valence electrons. The molecule has 0 fully saturated rings. The van der Waals surface area contributed by atoms with Gasteiger partial charge in [0.1, 0.15) is 0 Å². The summed E-state index contributed by atoms with van der Waals surface area (Å²) < 4.78 is 4.92. The molecular weight excluding hydrogens is 272 g/mol. The number of ether oxygens (including phenoxy) is 1. The normalized spacial score (nSPS) is 10.3. The van der Waals surface area contributed by atoms with Crippen molar-refractivity contribution in [3.63, 3.8) is 0 Å². The Kier molecular flexibility index (Phi) is 3.78. The maximum atomic E-state index is 11.9. The van der Waals surface area contributed by atoms with Crippen molar-refractivity contribution < 1.29 is 19.4 Å². The Hall–Kier alpha value is -1.66. The number of rotatable bonds is 4. The lowest BCUT2D eigenvalue weighted by molar-refractivity contribution is 0.0516. The second kappa shape index (κ2) is 5.32. The second-order valence-electron chi connectivity index (χ2n) is 3.36. The van der Waals surface area contributed by atoms with E-state index in [1.54, 1.807) is 6.92 Å². The monoisotopic (exact) mass is 282 g/mol. The minimum Gasteiger partial charge on any atom is -0.478 e. The molecule has 0 saturated heterocycles. The third-order valence-electron chi connectivity index (χ3n) is 2.25. The van der Waals surface area contributed by atoms with Gasteiger partial charge in [-0.25, -0.2) is 9.59 Å². The number of aromatic carboxylic acids is 1. The Bertz CT molecular complexity index is 569. The summed E-state index contributed by atoms with van der Waals surface area (Å²) in [5, 5.41) is 12.5. The van der Waals surface area contributed by atoms with Gasteiger partial charge < -0.3 is 9.84 Å². The zero-order valence-electron chi connectivity index (χ0n) is 9.50. The summed E-state index contributed by atoms with van der Waals surface area (Å²) in [5.74, 6) is -1.70. The predicted molar refractivity (Wildman–Crippen MR) is 70.5 cm³/mol. The topological polar surface area (TPSA) is 63.6 Å². The largest absolute Gasteiger partial charge is 0.478 e. The highest BCUT2D eigenvalue weighted by Crippen LogP contribution is 2.36. The summed E-state index contributed by atoms with van der Waals surface area (Å²) in [7, 11) is 0. The van der Waals surface area contributed by atoms with Crippen molar-refractivity contribution in [2.75, 3.05) is 6.61 Å². The van der Waals surface area contributed by atoms with Crippen molar-refractivity contribution in [1.82, 2.24) is 0 Å². The van der Waals surface area contributed by atoms with E-state index in [1.807, 2.05) is 17.5 Å². The van der Waals surface area contributed by atoms with Crippen LogP contribution in [-0.2, 0) is 4.74 Å². The summed E-state index contributed by atoms with van der Waals surface area (Å²) in [6.07, 6.45) is 0. The molecule has 0 aliphatic heterocycles. The van der Waals surface area contributed by atoms with Gasteiger partial charge in [-0.05, 0) is 18.4 Å². The van der Waals surface area contributed by atoms with Crippen LogP contribution in [-0.4, -0.2) is 23.7 Å². The van der Waals surface area contributed by atoms with Crippen LogP contribution in [0.5, 0.6) is 0 Å². The number of carboxylic acid groups (broad SMARTS) is 1. The van der Waals surface area contributed by atoms with E-state index in [2.05, 4.69) is 0 Å². The predicted octanol–water partition coefficient (Wildman–Crippen LogP) is 3.35. The van der Waals surface area contributed by atoms with Crippen LogP contribution in [0.2, 0.25) is 0 Å². The molecule has 2 aromatic heterocycles. The summed E-state index contributed by atoms with van der Waals surface area (Å²) in [5.41, 5.74) is 0.152. The van der Waals surface area contributed by atoms with Gasteiger partial charge in [-0.3, -0.25) is 0 Å². The highest BCUT2D eigenvalue weighted by Gasteiger charge is 2.25. The Balaban J connectivity index is 2.54. The molecule has 2 heterocycles. The van der Waals surface area contributed by atoms with E-state index in [0.29, 0.717) is 4.88 Å². The third kappa shape index (κ3) is 2.30. The zero-order chi connectivity index (χ0) is 13.1. The molecule has 1 N–H and O–H groups in total. The fraction of sp³-hybridized carbons (Fsp3) is 0.167. The maximum Gasteiger partial charge on any atom is 0.340 e. The van der Waals surface area contributed by atoms with Gasteiger partial charge >= 0.3 is 11.9 Å². The van der Waals surface area contributed by atoms with Gasteiger partial charge in [-0.15, -0.1) is 22.7 Å². The SMILES string of the molecule is CCOC(=O)c1c(C(=O)O)csc1-c1cccs1. The second-order valence-corrected chi connectivity index (χ2v) is 5.18. The third-order valence-corrected chi connectivity index (χ3v) is 4.28. The molecule has 0 aliphatic carbocycles. The molecule has 2 aromatic rings. The van der Waals surface area contributed by atoms with Gasteiger partial charge in [0.05, 0.1) is 22.6 Å². The highest BCUT2D eigenvalue weighted by molar-refractivity contribution is 7.20. The van der Waals surface area contributed by atoms with Crippen LogP contribution >= 0.6 is 22.7 Å². The van der Waals surface area contributed by atoms with Crippen LogP contribution < -0.4 is 0 Å². The average Bonchev–Trinajstić information content (AvgIpc) is 2.97. The Morgan fingerprint density at radius 2 is 2.17 bits per heavy atom. The molecule has 2 rings (SSSR count). The van der Waals surface area contributed by atoms with E-state index >= 15 is 0 Å². The molecule has 0 aliphatic rings. The van der Waals surface area contributed by atoms with E-state index in [0.717, 1.165) is 4.88 Å². The first-order valence-electron chi connectivity index (χ1n) is 5.21. The van der Waals surface area contributed by atoms with Gasteiger partial charge in [-0.2, -0.15) is 0 Å². The number of carbonyl (C=O) groups is 2. The fourth-order valence-corrected chi connectivity index (χ4v) is 3.42. The lowest BCUT2D eigenvalue weighted by Crippen LogP contribution is -2.10. The quantitative estimate of drug-likeness (QED) is 0.873. The highest BCUT2D eigenvalue weighted by atomic mass is 32.1. The van der Waals surface area contributed by atoms with Crippen LogP contribution in [0.15, 0.2) is 22.9 Å². The first-order chi connectivity index (χ1) is 8.65. The molecule has 0 bridgehead atoms. The van der Waals surface area contributed by atoms with Crippen LogP contribution in [0.25, 0.3) is 9.75 Å². The van der Waals surface area contributed by atoms with E-state index in [9.17, 15) is 9.59 Å². The molecule has 0 saturated carbocycles. The van der Waals surface area contributed by atoms with Crippen molar-refractivity contribution in [2.45, 2.75) is 6.92 Å². The molecule has 0 unspecified atom stereocenters. The van der Waals surface area contributed by atoms with Gasteiger partial charge in [0.15, 0.2) is 0 Å². The van der Waals surface area contributed by atoms with Crippen LogP contribution in [0, 0.1) is 0 Å². The van der Waals surface area contributed by atoms with E-state index in [-0.39, 0.29) is 17.7 Å². The smallest absolute Gasteiger partial charge is 0.340 e. The molecule has 0 aromatic carbocycles. The lowest BCUT2D eigenvalue weighted by Gasteiger charge is -2.03. The van der Waals surface area contributed by atoms with Gasteiger partial charge in [0.25, 0.3) is 0 Å². The standard InChI is InChI=1S/C12H10O4S2/c1-2-16-12(15)9-7(11(13)14)6-18-10(9)8-4-3-5-17-8/h3-6H,2H2,1H3,(H,13,14). The zero-order valence-corrected chi connectivity index (χ0v) is 11.1. The van der Waals surface area contributed by atoms with E-state index in [4.69, 9.17) is 9.84 Å². The number of esters is 1. The molecule has 6 heteroatoms. The number of carbonyl (C=O) groups excluding carboxylic acids is 1. The van der Waals surface area contributed by atoms with E-state index < -0.39 is 11.9 Å².